The number of carbonyl (C=O) groups is 1. The molecule has 0 radical (unpaired) electrons. The molecule has 1 aromatic carbocycles. The summed E-state index contributed by atoms with van der Waals surface area (Å²) in [6.07, 6.45) is 3.07. The molecule has 0 saturated carbocycles. The van der Waals surface area contributed by atoms with Gasteiger partial charge in [0.05, 0.1) is 5.69 Å². The number of hydrogen-bond donors (Lipinski definition) is 1. The quantitative estimate of drug-likeness (QED) is 0.803. The second kappa shape index (κ2) is 5.36. The average Bonchev–Trinajstić information content (AvgIpc) is 2.96. The molecule has 1 N–H and O–H groups in total. The van der Waals surface area contributed by atoms with E-state index in [1.807, 2.05) is 0 Å². The van der Waals surface area contributed by atoms with Crippen molar-refractivity contribution in [1.82, 2.24) is 20.0 Å². The Morgan fingerprint density at radius 1 is 1.23 bits per heavy atom. The van der Waals surface area contributed by atoms with Crippen LogP contribution in [0.2, 0.25) is 0 Å². The van der Waals surface area contributed by atoms with Crippen LogP contribution in [0.4, 0.5) is 4.39 Å². The summed E-state index contributed by atoms with van der Waals surface area (Å²) in [5, 5.41) is 16.8. The molecule has 6 nitrogen and oxygen atoms in total. The third kappa shape index (κ3) is 2.32. The number of pyridine rings is 1. The van der Waals surface area contributed by atoms with E-state index in [1.54, 1.807) is 31.2 Å². The third-order valence-corrected chi connectivity index (χ3v) is 3.23. The van der Waals surface area contributed by atoms with Crippen LogP contribution in [0.5, 0.6) is 0 Å². The van der Waals surface area contributed by atoms with Gasteiger partial charge in [0.15, 0.2) is 5.69 Å². The Balaban J connectivity index is 2.24. The van der Waals surface area contributed by atoms with Crippen LogP contribution in [0.25, 0.3) is 16.9 Å². The van der Waals surface area contributed by atoms with E-state index >= 15 is 0 Å². The second-order valence-electron chi connectivity index (χ2n) is 4.67. The van der Waals surface area contributed by atoms with Gasteiger partial charge in [-0.3, -0.25) is 4.98 Å². The van der Waals surface area contributed by atoms with Crippen LogP contribution in [0.15, 0.2) is 42.7 Å². The molecule has 0 aliphatic rings. The molecule has 0 bridgehead atoms. The Bertz CT molecular complexity index is 846. The van der Waals surface area contributed by atoms with Crippen molar-refractivity contribution in [3.8, 4) is 16.9 Å². The van der Waals surface area contributed by atoms with Crippen molar-refractivity contribution in [2.45, 2.75) is 6.92 Å². The molecule has 0 fully saturated rings. The summed E-state index contributed by atoms with van der Waals surface area (Å²) in [5.41, 5.74) is 1.55. The van der Waals surface area contributed by atoms with E-state index in [2.05, 4.69) is 15.3 Å². The standard InChI is InChI=1S/C15H11FN4O2/c1-9-2-3-11(8-12(9)16)20-14(10-4-6-17-7-5-10)13(15(21)22)18-19-20/h2-8H,1H3,(H,21,22). The molecule has 22 heavy (non-hydrogen) atoms. The summed E-state index contributed by atoms with van der Waals surface area (Å²) in [6.45, 7) is 1.65. The summed E-state index contributed by atoms with van der Waals surface area (Å²) in [6, 6.07) is 7.84. The molecular weight excluding hydrogens is 287 g/mol. The van der Waals surface area contributed by atoms with Crippen molar-refractivity contribution >= 4 is 5.97 Å². The second-order valence-corrected chi connectivity index (χ2v) is 4.67. The first kappa shape index (κ1) is 13.9. The highest BCUT2D eigenvalue weighted by Crippen LogP contribution is 2.25. The molecule has 2 aromatic heterocycles. The Kier molecular flexibility index (Phi) is 3.38. The van der Waals surface area contributed by atoms with Gasteiger partial charge < -0.3 is 5.11 Å². The molecule has 3 rings (SSSR count). The number of rotatable bonds is 3. The number of halogens is 1. The van der Waals surface area contributed by atoms with Crippen molar-refractivity contribution in [3.63, 3.8) is 0 Å². The van der Waals surface area contributed by atoms with Crippen LogP contribution in [0.1, 0.15) is 16.1 Å². The van der Waals surface area contributed by atoms with Gasteiger partial charge in [-0.25, -0.2) is 13.9 Å². The zero-order chi connectivity index (χ0) is 15.7. The Morgan fingerprint density at radius 2 is 1.95 bits per heavy atom. The van der Waals surface area contributed by atoms with Crippen LogP contribution >= 0.6 is 0 Å². The van der Waals surface area contributed by atoms with E-state index in [4.69, 9.17) is 0 Å². The molecule has 0 unspecified atom stereocenters. The van der Waals surface area contributed by atoms with Gasteiger partial charge in [-0.1, -0.05) is 11.3 Å². The van der Waals surface area contributed by atoms with E-state index in [-0.39, 0.29) is 11.4 Å². The molecule has 0 aliphatic heterocycles. The van der Waals surface area contributed by atoms with Crippen molar-refractivity contribution in [2.75, 3.05) is 0 Å². The largest absolute Gasteiger partial charge is 0.476 e. The molecule has 0 saturated heterocycles. The lowest BCUT2D eigenvalue weighted by atomic mass is 10.1. The van der Waals surface area contributed by atoms with Gasteiger partial charge in [-0.15, -0.1) is 5.10 Å². The van der Waals surface area contributed by atoms with Crippen LogP contribution in [0.3, 0.4) is 0 Å². The fourth-order valence-electron chi connectivity index (χ4n) is 2.09. The summed E-state index contributed by atoms with van der Waals surface area (Å²) in [7, 11) is 0. The Morgan fingerprint density at radius 3 is 2.59 bits per heavy atom. The van der Waals surface area contributed by atoms with E-state index in [9.17, 15) is 14.3 Å². The van der Waals surface area contributed by atoms with Gasteiger partial charge in [0.25, 0.3) is 0 Å². The lowest BCUT2D eigenvalue weighted by Crippen LogP contribution is -2.04. The Labute approximate surface area is 124 Å². The van der Waals surface area contributed by atoms with Crippen LogP contribution in [-0.2, 0) is 0 Å². The minimum absolute atomic E-state index is 0.202. The predicted molar refractivity (Wildman–Crippen MR) is 76.2 cm³/mol. The van der Waals surface area contributed by atoms with Crippen molar-refractivity contribution in [1.29, 1.82) is 0 Å². The van der Waals surface area contributed by atoms with Crippen molar-refractivity contribution in [2.24, 2.45) is 0 Å². The molecular formula is C15H11FN4O2. The zero-order valence-corrected chi connectivity index (χ0v) is 11.6. The van der Waals surface area contributed by atoms with E-state index < -0.39 is 11.8 Å². The van der Waals surface area contributed by atoms with Gasteiger partial charge in [-0.05, 0) is 36.8 Å². The van der Waals surface area contributed by atoms with Gasteiger partial charge in [0, 0.05) is 18.0 Å². The molecule has 0 aliphatic carbocycles. The third-order valence-electron chi connectivity index (χ3n) is 3.23. The van der Waals surface area contributed by atoms with Crippen LogP contribution in [0, 0.1) is 12.7 Å². The number of hydrogen-bond acceptors (Lipinski definition) is 4. The molecule has 7 heteroatoms. The first-order chi connectivity index (χ1) is 10.6. The van der Waals surface area contributed by atoms with Gasteiger partial charge in [0.1, 0.15) is 11.5 Å². The van der Waals surface area contributed by atoms with Crippen molar-refractivity contribution < 1.29 is 14.3 Å². The maximum atomic E-state index is 13.8. The monoisotopic (exact) mass is 298 g/mol. The minimum atomic E-state index is -1.20. The van der Waals surface area contributed by atoms with Crippen LogP contribution < -0.4 is 0 Å². The Hall–Kier alpha value is -3.09. The lowest BCUT2D eigenvalue weighted by molar-refractivity contribution is 0.0691. The summed E-state index contributed by atoms with van der Waals surface area (Å²) in [5.74, 6) is -1.60. The van der Waals surface area contributed by atoms with Gasteiger partial charge in [-0.2, -0.15) is 0 Å². The fourth-order valence-corrected chi connectivity index (χ4v) is 2.09. The molecule has 110 valence electrons. The first-order valence-corrected chi connectivity index (χ1v) is 6.44. The molecule has 0 amide bonds. The minimum Gasteiger partial charge on any atom is -0.476 e. The van der Waals surface area contributed by atoms with Gasteiger partial charge >= 0.3 is 5.97 Å². The summed E-state index contributed by atoms with van der Waals surface area (Å²) in [4.78, 5) is 15.3. The van der Waals surface area contributed by atoms with Gasteiger partial charge in [0.2, 0.25) is 0 Å². The number of aryl methyl sites for hydroxylation is 1. The number of aromatic carboxylic acids is 1. The van der Waals surface area contributed by atoms with E-state index in [0.717, 1.165) is 0 Å². The highest BCUT2D eigenvalue weighted by Gasteiger charge is 2.21. The van der Waals surface area contributed by atoms with E-state index in [1.165, 1.54) is 23.1 Å². The fraction of sp³-hybridized carbons (Fsp3) is 0.0667. The average molecular weight is 298 g/mol. The summed E-state index contributed by atoms with van der Waals surface area (Å²) >= 11 is 0. The number of aromatic nitrogens is 4. The normalized spacial score (nSPS) is 10.6. The molecule has 2 heterocycles. The zero-order valence-electron chi connectivity index (χ0n) is 11.6. The lowest BCUT2D eigenvalue weighted by Gasteiger charge is -2.08. The smallest absolute Gasteiger partial charge is 0.358 e. The molecule has 3 aromatic rings. The predicted octanol–water partition coefficient (Wildman–Crippen LogP) is 2.48. The number of benzene rings is 1. The number of carboxylic acids is 1. The highest BCUT2D eigenvalue weighted by atomic mass is 19.1. The van der Waals surface area contributed by atoms with Crippen molar-refractivity contribution in [3.05, 3.63) is 59.8 Å². The SMILES string of the molecule is Cc1ccc(-n2nnc(C(=O)O)c2-c2ccncc2)cc1F. The number of carboxylic acid groups (broad SMARTS) is 1. The topological polar surface area (TPSA) is 80.9 Å². The van der Waals surface area contributed by atoms with Crippen LogP contribution in [-0.4, -0.2) is 31.1 Å². The van der Waals surface area contributed by atoms with E-state index in [0.29, 0.717) is 16.8 Å². The summed E-state index contributed by atoms with van der Waals surface area (Å²) < 4.78 is 15.1. The number of nitrogens with zero attached hydrogens (tertiary/aromatic N) is 4. The maximum Gasteiger partial charge on any atom is 0.358 e. The molecule has 0 spiro atoms. The highest BCUT2D eigenvalue weighted by molar-refractivity contribution is 5.93. The first-order valence-electron chi connectivity index (χ1n) is 6.44. The maximum absolute atomic E-state index is 13.8. The molecule has 0 atom stereocenters.